The fourth-order valence-corrected chi connectivity index (χ4v) is 2.77. The van der Waals surface area contributed by atoms with E-state index in [9.17, 15) is 4.79 Å². The molecule has 1 aliphatic heterocycles. The van der Waals surface area contributed by atoms with E-state index >= 15 is 0 Å². The van der Waals surface area contributed by atoms with Crippen LogP contribution in [0.5, 0.6) is 5.75 Å². The van der Waals surface area contributed by atoms with Gasteiger partial charge in [-0.15, -0.1) is 0 Å². The molecular formula is C17H18ClN3O2. The Bertz CT molecular complexity index is 716. The van der Waals surface area contributed by atoms with Crippen molar-refractivity contribution >= 4 is 17.5 Å². The second-order valence-corrected chi connectivity index (χ2v) is 6.47. The Morgan fingerprint density at radius 1 is 1.30 bits per heavy atom. The Balaban J connectivity index is 1.73. The number of hydrogen-bond acceptors (Lipinski definition) is 4. The van der Waals surface area contributed by atoms with E-state index in [1.54, 1.807) is 43.0 Å². The first-order valence-corrected chi connectivity index (χ1v) is 7.85. The van der Waals surface area contributed by atoms with E-state index in [1.165, 1.54) is 6.33 Å². The van der Waals surface area contributed by atoms with Crippen LogP contribution in [0.15, 0.2) is 36.8 Å². The Kier molecular flexibility index (Phi) is 4.22. The minimum Gasteiger partial charge on any atom is -0.478 e. The van der Waals surface area contributed by atoms with Crippen LogP contribution in [0.25, 0.3) is 0 Å². The van der Waals surface area contributed by atoms with Gasteiger partial charge in [0.15, 0.2) is 5.60 Å². The largest absolute Gasteiger partial charge is 0.478 e. The van der Waals surface area contributed by atoms with Crippen LogP contribution < -0.4 is 4.74 Å². The number of fused-ring (bicyclic) bond motifs is 1. The third kappa shape index (κ3) is 3.45. The second-order valence-electron chi connectivity index (χ2n) is 6.04. The number of rotatable bonds is 3. The highest BCUT2D eigenvalue weighted by Gasteiger charge is 2.36. The maximum absolute atomic E-state index is 12.8. The average Bonchev–Trinajstić information content (AvgIpc) is 2.55. The van der Waals surface area contributed by atoms with E-state index in [1.807, 2.05) is 6.20 Å². The fourth-order valence-electron chi connectivity index (χ4n) is 2.65. The Labute approximate surface area is 140 Å². The maximum atomic E-state index is 12.8. The molecule has 0 spiro atoms. The van der Waals surface area contributed by atoms with Gasteiger partial charge in [-0.1, -0.05) is 11.6 Å². The molecule has 23 heavy (non-hydrogen) atoms. The van der Waals surface area contributed by atoms with Crippen LogP contribution in [0.3, 0.4) is 0 Å². The van der Waals surface area contributed by atoms with Crippen LogP contribution in [0.4, 0.5) is 0 Å². The van der Waals surface area contributed by atoms with E-state index in [0.29, 0.717) is 23.9 Å². The normalized spacial score (nSPS) is 14.3. The van der Waals surface area contributed by atoms with Crippen LogP contribution in [-0.4, -0.2) is 32.9 Å². The van der Waals surface area contributed by atoms with Gasteiger partial charge in [0.1, 0.15) is 12.1 Å². The third-order valence-electron chi connectivity index (χ3n) is 3.86. The third-order valence-corrected chi connectivity index (χ3v) is 4.11. The number of carbonyl (C=O) groups excluding carboxylic acids is 1. The first kappa shape index (κ1) is 15.7. The van der Waals surface area contributed by atoms with E-state index < -0.39 is 5.60 Å². The molecule has 0 bridgehead atoms. The number of benzene rings is 1. The molecule has 0 atom stereocenters. The number of halogens is 1. The highest BCUT2D eigenvalue weighted by molar-refractivity contribution is 6.30. The van der Waals surface area contributed by atoms with Crippen molar-refractivity contribution in [3.8, 4) is 5.75 Å². The van der Waals surface area contributed by atoms with Gasteiger partial charge in [-0.05, 0) is 50.1 Å². The molecule has 0 N–H and O–H groups in total. The summed E-state index contributed by atoms with van der Waals surface area (Å²) in [6, 6.07) is 7.00. The summed E-state index contributed by atoms with van der Waals surface area (Å²) >= 11 is 5.87. The molecule has 0 saturated carbocycles. The lowest BCUT2D eigenvalue weighted by Crippen LogP contribution is -2.50. The van der Waals surface area contributed by atoms with Crippen LogP contribution in [-0.2, 0) is 17.8 Å². The van der Waals surface area contributed by atoms with Gasteiger partial charge in [0.2, 0.25) is 0 Å². The summed E-state index contributed by atoms with van der Waals surface area (Å²) < 4.78 is 5.88. The van der Waals surface area contributed by atoms with Gasteiger partial charge >= 0.3 is 0 Å². The van der Waals surface area contributed by atoms with E-state index in [4.69, 9.17) is 16.3 Å². The molecular weight excluding hydrogens is 314 g/mol. The predicted molar refractivity (Wildman–Crippen MR) is 87.3 cm³/mol. The lowest BCUT2D eigenvalue weighted by Gasteiger charge is -2.34. The minimum atomic E-state index is -0.960. The first-order chi connectivity index (χ1) is 11.0. The van der Waals surface area contributed by atoms with Crippen LogP contribution in [0.1, 0.15) is 25.1 Å². The van der Waals surface area contributed by atoms with Crippen LogP contribution in [0.2, 0.25) is 5.02 Å². The zero-order valence-electron chi connectivity index (χ0n) is 13.1. The molecule has 1 aliphatic rings. The van der Waals surface area contributed by atoms with Crippen molar-refractivity contribution < 1.29 is 9.53 Å². The van der Waals surface area contributed by atoms with Gasteiger partial charge in [0, 0.05) is 17.8 Å². The lowest BCUT2D eigenvalue weighted by molar-refractivity contribution is -0.146. The SMILES string of the molecule is CC(C)(Oc1ccc(Cl)cc1)C(=O)N1CCc2cncnc2C1. The second kappa shape index (κ2) is 6.16. The minimum absolute atomic E-state index is 0.0586. The van der Waals surface area contributed by atoms with Gasteiger partial charge in [-0.3, -0.25) is 4.79 Å². The van der Waals surface area contributed by atoms with Gasteiger partial charge in [-0.25, -0.2) is 9.97 Å². The number of amides is 1. The number of nitrogens with zero attached hydrogens (tertiary/aromatic N) is 3. The van der Waals surface area contributed by atoms with Crippen molar-refractivity contribution in [1.29, 1.82) is 0 Å². The smallest absolute Gasteiger partial charge is 0.266 e. The molecule has 6 heteroatoms. The van der Waals surface area contributed by atoms with Crippen molar-refractivity contribution in [1.82, 2.24) is 14.9 Å². The molecule has 2 heterocycles. The average molecular weight is 332 g/mol. The Morgan fingerprint density at radius 3 is 2.78 bits per heavy atom. The Morgan fingerprint density at radius 2 is 2.04 bits per heavy atom. The van der Waals surface area contributed by atoms with Gasteiger partial charge in [-0.2, -0.15) is 0 Å². The molecule has 0 unspecified atom stereocenters. The van der Waals surface area contributed by atoms with Gasteiger partial charge in [0.25, 0.3) is 5.91 Å². The highest BCUT2D eigenvalue weighted by atomic mass is 35.5. The number of aromatic nitrogens is 2. The predicted octanol–water partition coefficient (Wildman–Crippen LogP) is 2.87. The summed E-state index contributed by atoms with van der Waals surface area (Å²) in [5.74, 6) is 0.559. The number of ether oxygens (including phenoxy) is 1. The molecule has 3 rings (SSSR count). The van der Waals surface area contributed by atoms with E-state index in [-0.39, 0.29) is 5.91 Å². The standard InChI is InChI=1S/C17H18ClN3O2/c1-17(2,23-14-5-3-13(18)4-6-14)16(22)21-8-7-12-9-19-11-20-15(12)10-21/h3-6,9,11H,7-8,10H2,1-2H3. The number of hydrogen-bond donors (Lipinski definition) is 0. The monoisotopic (exact) mass is 331 g/mol. The van der Waals surface area contributed by atoms with E-state index in [2.05, 4.69) is 9.97 Å². The molecule has 2 aromatic rings. The lowest BCUT2D eigenvalue weighted by atomic mass is 10.0. The first-order valence-electron chi connectivity index (χ1n) is 7.47. The molecule has 1 aromatic carbocycles. The van der Waals surface area contributed by atoms with E-state index in [0.717, 1.165) is 17.7 Å². The molecule has 0 saturated heterocycles. The summed E-state index contributed by atoms with van der Waals surface area (Å²) in [6.45, 7) is 4.69. The van der Waals surface area contributed by atoms with Crippen molar-refractivity contribution in [3.63, 3.8) is 0 Å². The zero-order valence-corrected chi connectivity index (χ0v) is 13.9. The maximum Gasteiger partial charge on any atom is 0.266 e. The van der Waals surface area contributed by atoms with Crippen LogP contribution >= 0.6 is 11.6 Å². The molecule has 0 aliphatic carbocycles. The summed E-state index contributed by atoms with van der Waals surface area (Å²) in [5, 5.41) is 0.633. The quantitative estimate of drug-likeness (QED) is 0.867. The summed E-state index contributed by atoms with van der Waals surface area (Å²) in [7, 11) is 0. The van der Waals surface area contributed by atoms with Gasteiger partial charge < -0.3 is 9.64 Å². The summed E-state index contributed by atoms with van der Waals surface area (Å²) in [5.41, 5.74) is 1.05. The summed E-state index contributed by atoms with van der Waals surface area (Å²) in [4.78, 5) is 22.9. The van der Waals surface area contributed by atoms with Crippen LogP contribution in [0, 0.1) is 0 Å². The molecule has 120 valence electrons. The van der Waals surface area contributed by atoms with Crippen molar-refractivity contribution in [2.45, 2.75) is 32.4 Å². The number of carbonyl (C=O) groups is 1. The van der Waals surface area contributed by atoms with Gasteiger partial charge in [0.05, 0.1) is 12.2 Å². The summed E-state index contributed by atoms with van der Waals surface area (Å²) in [6.07, 6.45) is 4.10. The highest BCUT2D eigenvalue weighted by Crippen LogP contribution is 2.24. The fraction of sp³-hybridized carbons (Fsp3) is 0.353. The topological polar surface area (TPSA) is 55.3 Å². The van der Waals surface area contributed by atoms with Crippen molar-refractivity contribution in [3.05, 3.63) is 53.1 Å². The molecule has 1 amide bonds. The molecule has 5 nitrogen and oxygen atoms in total. The molecule has 0 radical (unpaired) electrons. The molecule has 0 fully saturated rings. The van der Waals surface area contributed by atoms with Crippen molar-refractivity contribution in [2.24, 2.45) is 0 Å². The zero-order chi connectivity index (χ0) is 16.4. The molecule has 1 aromatic heterocycles. The Hall–Kier alpha value is -2.14. The van der Waals surface area contributed by atoms with Crippen molar-refractivity contribution in [2.75, 3.05) is 6.54 Å².